The first-order valence-electron chi connectivity index (χ1n) is 14.4. The number of rotatable bonds is 10. The minimum atomic E-state index is -1.37. The lowest BCUT2D eigenvalue weighted by atomic mass is 9.77. The molecule has 2 amide bonds. The molecule has 0 radical (unpaired) electrons. The Bertz CT molecular complexity index is 2000. The average molecular weight is 625 g/mol. The van der Waals surface area contributed by atoms with Crippen molar-refractivity contribution >= 4 is 40.5 Å². The van der Waals surface area contributed by atoms with Crippen LogP contribution < -0.4 is 16.4 Å². The number of hydrogen-bond acceptors (Lipinski definition) is 9. The molecule has 1 unspecified atom stereocenters. The number of aliphatic hydroxyl groups is 1. The van der Waals surface area contributed by atoms with Crippen LogP contribution >= 0.6 is 0 Å². The molecular weight excluding hydrogens is 595 g/mol. The molecule has 3 aromatic heterocycles. The Kier molecular flexibility index (Phi) is 7.88. The third kappa shape index (κ3) is 5.38. The minimum absolute atomic E-state index is 0.00747. The highest BCUT2D eigenvalue weighted by Crippen LogP contribution is 2.45. The molecule has 0 spiro atoms. The van der Waals surface area contributed by atoms with E-state index in [0.717, 1.165) is 5.56 Å². The molecule has 13 nitrogen and oxygen atoms in total. The van der Waals surface area contributed by atoms with Crippen LogP contribution in [0.1, 0.15) is 35.6 Å². The highest BCUT2D eigenvalue weighted by atomic mass is 19.1. The number of fused-ring (bicyclic) bond motifs is 2. The Morgan fingerprint density at radius 1 is 1.11 bits per heavy atom. The minimum Gasteiger partial charge on any atom is -0.480 e. The van der Waals surface area contributed by atoms with Gasteiger partial charge in [0, 0.05) is 18.2 Å². The van der Waals surface area contributed by atoms with Crippen LogP contribution in [0.2, 0.25) is 0 Å². The number of hydrogen-bond donors (Lipinski definition) is 5. The maximum atomic E-state index is 14.4. The van der Waals surface area contributed by atoms with Gasteiger partial charge in [-0.2, -0.15) is 5.10 Å². The van der Waals surface area contributed by atoms with Gasteiger partial charge < -0.3 is 26.6 Å². The number of halogens is 1. The number of pyridine rings is 1. The summed E-state index contributed by atoms with van der Waals surface area (Å²) >= 11 is 0. The summed E-state index contributed by atoms with van der Waals surface area (Å²) < 4.78 is 16.0. The number of carboxylic acid groups (broad SMARTS) is 1. The van der Waals surface area contributed by atoms with Crippen LogP contribution in [0.5, 0.6) is 0 Å². The first kappa shape index (κ1) is 30.3. The summed E-state index contributed by atoms with van der Waals surface area (Å²) in [6.07, 6.45) is 1.93. The van der Waals surface area contributed by atoms with Crippen LogP contribution in [0.4, 0.5) is 16.0 Å². The number of carbonyl (C=O) groups is 3. The fourth-order valence-corrected chi connectivity index (χ4v) is 5.58. The Balaban J connectivity index is 1.28. The smallest absolute Gasteiger partial charge is 0.328 e. The van der Waals surface area contributed by atoms with Crippen LogP contribution in [0.3, 0.4) is 0 Å². The predicted octanol–water partition coefficient (Wildman–Crippen LogP) is 2.41. The lowest BCUT2D eigenvalue weighted by Crippen LogP contribution is -2.43. The van der Waals surface area contributed by atoms with Gasteiger partial charge in [-0.05, 0) is 42.7 Å². The SMILES string of the molecule is C[C@@]1(c2ccc(CCC(=O)NC(CO)C(=O)O)cc2)C(=O)Nc2nc(-c3nn(Cc4ccccc4F)c4ncccc34)nc(N)c21. The van der Waals surface area contributed by atoms with E-state index >= 15 is 0 Å². The Morgan fingerprint density at radius 3 is 2.59 bits per heavy atom. The summed E-state index contributed by atoms with van der Waals surface area (Å²) in [5, 5.41) is 28.5. The Morgan fingerprint density at radius 2 is 1.87 bits per heavy atom. The molecule has 0 bridgehead atoms. The molecule has 2 aromatic carbocycles. The first-order valence-corrected chi connectivity index (χ1v) is 14.4. The van der Waals surface area contributed by atoms with E-state index in [-0.39, 0.29) is 42.2 Å². The number of amides is 2. The number of nitrogens with one attached hydrogen (secondary N) is 2. The molecule has 6 rings (SSSR count). The third-order valence-corrected chi connectivity index (χ3v) is 8.11. The van der Waals surface area contributed by atoms with E-state index in [1.165, 1.54) is 6.07 Å². The molecule has 1 aliphatic heterocycles. The molecule has 234 valence electrons. The lowest BCUT2D eigenvalue weighted by Gasteiger charge is -2.23. The van der Waals surface area contributed by atoms with Gasteiger partial charge in [0.25, 0.3) is 0 Å². The van der Waals surface area contributed by atoms with Gasteiger partial charge in [0.05, 0.1) is 24.1 Å². The van der Waals surface area contributed by atoms with E-state index in [9.17, 15) is 18.8 Å². The lowest BCUT2D eigenvalue weighted by molar-refractivity contribution is -0.142. The summed E-state index contributed by atoms with van der Waals surface area (Å²) in [6, 6.07) is 15.6. The molecule has 0 fully saturated rings. The van der Waals surface area contributed by atoms with Gasteiger partial charge in [0.1, 0.15) is 34.6 Å². The standard InChI is InChI=1S/C32H29FN8O5/c1-32(19-11-8-17(9-12-19)10-13-23(43)36-22(16-42)30(44)45)24-26(34)37-28(38-27(24)39-31(32)46)25-20-6-4-14-35-29(20)41(40-25)15-18-5-2-3-7-21(18)33/h2-9,11-12,14,22,42H,10,13,15-16H2,1H3,(H,36,43)(H,44,45)(H3,34,37,38,39,46)/t22?,32-/m0/s1. The van der Waals surface area contributed by atoms with E-state index in [4.69, 9.17) is 15.9 Å². The van der Waals surface area contributed by atoms with Crippen LogP contribution in [0.15, 0.2) is 66.9 Å². The fourth-order valence-electron chi connectivity index (χ4n) is 5.58. The van der Waals surface area contributed by atoms with Crippen molar-refractivity contribution in [3.05, 3.63) is 94.9 Å². The van der Waals surface area contributed by atoms with Gasteiger partial charge in [-0.15, -0.1) is 0 Å². The van der Waals surface area contributed by atoms with Crippen molar-refractivity contribution in [3.8, 4) is 11.5 Å². The van der Waals surface area contributed by atoms with E-state index < -0.39 is 29.9 Å². The van der Waals surface area contributed by atoms with E-state index in [0.29, 0.717) is 39.8 Å². The number of anilines is 2. The van der Waals surface area contributed by atoms with Crippen molar-refractivity contribution in [3.63, 3.8) is 0 Å². The van der Waals surface area contributed by atoms with Crippen LogP contribution in [-0.2, 0) is 32.8 Å². The summed E-state index contributed by atoms with van der Waals surface area (Å²) in [6.45, 7) is 1.14. The number of aromatic nitrogens is 5. The van der Waals surface area contributed by atoms with Crippen molar-refractivity contribution < 1.29 is 29.0 Å². The highest BCUT2D eigenvalue weighted by Gasteiger charge is 2.47. The average Bonchev–Trinajstić information content (AvgIpc) is 3.54. The molecule has 46 heavy (non-hydrogen) atoms. The summed E-state index contributed by atoms with van der Waals surface area (Å²) in [7, 11) is 0. The van der Waals surface area contributed by atoms with Gasteiger partial charge in [0.2, 0.25) is 11.8 Å². The first-order chi connectivity index (χ1) is 22.1. The van der Waals surface area contributed by atoms with Crippen molar-refractivity contribution in [1.29, 1.82) is 0 Å². The number of nitrogens with zero attached hydrogens (tertiary/aromatic N) is 5. The van der Waals surface area contributed by atoms with Crippen LogP contribution in [0.25, 0.3) is 22.6 Å². The number of carbonyl (C=O) groups excluding carboxylic acids is 2. The zero-order valence-electron chi connectivity index (χ0n) is 24.6. The second-order valence-corrected chi connectivity index (χ2v) is 11.0. The van der Waals surface area contributed by atoms with Crippen LogP contribution in [0, 0.1) is 5.82 Å². The topological polar surface area (TPSA) is 198 Å². The highest BCUT2D eigenvalue weighted by molar-refractivity contribution is 6.09. The summed E-state index contributed by atoms with van der Waals surface area (Å²) in [5.41, 5.74) is 8.41. The molecule has 0 aliphatic carbocycles. The summed E-state index contributed by atoms with van der Waals surface area (Å²) in [4.78, 5) is 50.3. The molecule has 6 N–H and O–H groups in total. The predicted molar refractivity (Wildman–Crippen MR) is 165 cm³/mol. The number of nitrogen functional groups attached to an aromatic ring is 1. The van der Waals surface area contributed by atoms with Crippen molar-refractivity contribution in [2.75, 3.05) is 17.7 Å². The molecular formula is C32H29FN8O5. The van der Waals surface area contributed by atoms with E-state index in [1.807, 2.05) is 0 Å². The van der Waals surface area contributed by atoms with Gasteiger partial charge in [-0.1, -0.05) is 42.5 Å². The molecule has 14 heteroatoms. The number of aliphatic hydroxyl groups excluding tert-OH is 1. The summed E-state index contributed by atoms with van der Waals surface area (Å²) in [5.74, 6) is -2.05. The van der Waals surface area contributed by atoms with Gasteiger partial charge in [-0.25, -0.2) is 28.8 Å². The molecule has 0 saturated carbocycles. The quantitative estimate of drug-likeness (QED) is 0.154. The zero-order chi connectivity index (χ0) is 32.6. The fraction of sp³-hybridized carbons (Fsp3) is 0.219. The maximum absolute atomic E-state index is 14.4. The van der Waals surface area contributed by atoms with E-state index in [1.54, 1.807) is 72.4 Å². The zero-order valence-corrected chi connectivity index (χ0v) is 24.6. The third-order valence-electron chi connectivity index (χ3n) is 8.11. The van der Waals surface area contributed by atoms with Gasteiger partial charge in [-0.3, -0.25) is 9.59 Å². The second-order valence-electron chi connectivity index (χ2n) is 11.0. The Hall–Kier alpha value is -5.76. The maximum Gasteiger partial charge on any atom is 0.328 e. The molecule has 2 atom stereocenters. The monoisotopic (exact) mass is 624 g/mol. The van der Waals surface area contributed by atoms with Crippen molar-refractivity contribution in [1.82, 2.24) is 30.0 Å². The molecule has 0 saturated heterocycles. The molecule has 5 aromatic rings. The number of aryl methyl sites for hydroxylation is 1. The van der Waals surface area contributed by atoms with Gasteiger partial charge >= 0.3 is 5.97 Å². The van der Waals surface area contributed by atoms with Crippen LogP contribution in [-0.4, -0.2) is 65.4 Å². The number of aliphatic carboxylic acids is 1. The number of nitrogens with two attached hydrogens (primary N) is 1. The number of benzene rings is 2. The van der Waals surface area contributed by atoms with E-state index in [2.05, 4.69) is 30.7 Å². The second kappa shape index (κ2) is 12.0. The van der Waals surface area contributed by atoms with Gasteiger partial charge in [0.15, 0.2) is 11.5 Å². The largest absolute Gasteiger partial charge is 0.480 e. The van der Waals surface area contributed by atoms with Crippen molar-refractivity contribution in [2.24, 2.45) is 0 Å². The Labute approximate surface area is 261 Å². The number of carboxylic acids is 1. The molecule has 4 heterocycles. The normalized spacial score (nSPS) is 16.2. The molecule has 1 aliphatic rings. The van der Waals surface area contributed by atoms with Crippen molar-refractivity contribution in [2.45, 2.75) is 37.8 Å².